The molecule has 0 fully saturated rings. The Morgan fingerprint density at radius 2 is 1.13 bits per heavy atom. The number of rotatable bonds is 3. The van der Waals surface area contributed by atoms with Crippen LogP contribution in [-0.2, 0) is 0 Å². The summed E-state index contributed by atoms with van der Waals surface area (Å²) in [6, 6.07) is 51.1. The highest BCUT2D eigenvalue weighted by Crippen LogP contribution is 2.40. The van der Waals surface area contributed by atoms with Gasteiger partial charge in [0.05, 0.1) is 50.6 Å². The number of hydrogen-bond acceptors (Lipinski definition) is 2. The highest BCUT2D eigenvalue weighted by Gasteiger charge is 2.25. The highest BCUT2D eigenvalue weighted by atomic mass is 16.1. The first kappa shape index (κ1) is 25.1. The molecule has 9 aromatic rings. The normalized spacial score (nSPS) is 11.6. The van der Waals surface area contributed by atoms with Crippen molar-refractivity contribution in [2.75, 3.05) is 0 Å². The minimum Gasteiger partial charge on any atom is -0.306 e. The van der Waals surface area contributed by atoms with Crippen LogP contribution in [0.25, 0.3) is 71.8 Å². The van der Waals surface area contributed by atoms with Crippen LogP contribution < -0.4 is 5.56 Å². The molecule has 5 nitrogen and oxygen atoms in total. The van der Waals surface area contributed by atoms with Gasteiger partial charge in [-0.05, 0) is 65.7 Å². The van der Waals surface area contributed by atoms with Crippen LogP contribution in [-0.4, -0.2) is 13.5 Å². The summed E-state index contributed by atoms with van der Waals surface area (Å²) in [5.74, 6) is 0. The predicted octanol–water partition coefficient (Wildman–Crippen LogP) is 9.03. The topological polar surface area (TPSA) is 55.1 Å². The molecule has 3 heterocycles. The van der Waals surface area contributed by atoms with Crippen LogP contribution in [0.4, 0.5) is 0 Å². The lowest BCUT2D eigenvalue weighted by Crippen LogP contribution is -2.22. The molecule has 5 heteroatoms. The molecule has 0 radical (unpaired) electrons. The lowest BCUT2D eigenvalue weighted by atomic mass is 10.0. The smallest absolute Gasteiger partial charge is 0.282 e. The van der Waals surface area contributed by atoms with Gasteiger partial charge in [0.25, 0.3) is 5.56 Å². The third-order valence-electron chi connectivity index (χ3n) is 8.85. The van der Waals surface area contributed by atoms with Crippen molar-refractivity contribution in [2.24, 2.45) is 0 Å². The van der Waals surface area contributed by atoms with E-state index in [9.17, 15) is 5.26 Å². The Bertz CT molecular complexity index is 2690. The van der Waals surface area contributed by atoms with Gasteiger partial charge in [-0.3, -0.25) is 9.36 Å². The highest BCUT2D eigenvalue weighted by molar-refractivity contribution is 6.13. The first-order valence-corrected chi connectivity index (χ1v) is 14.9. The van der Waals surface area contributed by atoms with Gasteiger partial charge in [0.15, 0.2) is 0 Å². The molecule has 6 aromatic carbocycles. The van der Waals surface area contributed by atoms with E-state index in [4.69, 9.17) is 0 Å². The van der Waals surface area contributed by atoms with Crippen LogP contribution in [0.2, 0.25) is 0 Å². The summed E-state index contributed by atoms with van der Waals surface area (Å²) < 4.78 is 6.12. The average molecular weight is 577 g/mol. The van der Waals surface area contributed by atoms with E-state index in [1.54, 1.807) is 16.7 Å². The van der Waals surface area contributed by atoms with Crippen molar-refractivity contribution >= 4 is 49.3 Å². The van der Waals surface area contributed by atoms with Crippen LogP contribution in [0.15, 0.2) is 150 Å². The summed E-state index contributed by atoms with van der Waals surface area (Å²) in [6.07, 6.45) is 0. The Labute approximate surface area is 257 Å². The lowest BCUT2D eigenvalue weighted by Gasteiger charge is -2.14. The summed E-state index contributed by atoms with van der Waals surface area (Å²) in [5.41, 5.74) is 9.27. The molecule has 3 aromatic heterocycles. The average Bonchev–Trinajstić information content (AvgIpc) is 3.61. The molecule has 0 aliphatic rings. The molecular formula is C40H24N4O. The predicted molar refractivity (Wildman–Crippen MR) is 182 cm³/mol. The summed E-state index contributed by atoms with van der Waals surface area (Å²) in [7, 11) is 0. The van der Waals surface area contributed by atoms with Crippen LogP contribution in [0, 0.1) is 11.3 Å². The van der Waals surface area contributed by atoms with Crippen LogP contribution in [0.1, 0.15) is 5.56 Å². The van der Waals surface area contributed by atoms with Gasteiger partial charge in [0.1, 0.15) is 5.52 Å². The van der Waals surface area contributed by atoms with Crippen molar-refractivity contribution in [2.45, 2.75) is 0 Å². The van der Waals surface area contributed by atoms with E-state index >= 15 is 4.79 Å². The second kappa shape index (κ2) is 9.57. The molecule has 0 spiro atoms. The van der Waals surface area contributed by atoms with Gasteiger partial charge < -0.3 is 8.97 Å². The molecular weight excluding hydrogens is 552 g/mol. The number of aromatic nitrogens is 3. The SMILES string of the molecule is N#Cc1cccc(-n2c(=O)c3c(-n4c5ccccc5c5ccccc54)c4cc(-c5ccccc5)ccc4n3c3ccccc32)c1. The number of benzene rings is 6. The largest absolute Gasteiger partial charge is 0.306 e. The van der Waals surface area contributed by atoms with Crippen LogP contribution in [0.5, 0.6) is 0 Å². The molecule has 0 saturated carbocycles. The van der Waals surface area contributed by atoms with E-state index in [-0.39, 0.29) is 5.56 Å². The van der Waals surface area contributed by atoms with Gasteiger partial charge in [-0.1, -0.05) is 91.0 Å². The zero-order valence-corrected chi connectivity index (χ0v) is 24.1. The fourth-order valence-electron chi connectivity index (χ4n) is 6.95. The fraction of sp³-hybridized carbons (Fsp3) is 0. The summed E-state index contributed by atoms with van der Waals surface area (Å²) in [6.45, 7) is 0. The number of fused-ring (bicyclic) bond motifs is 8. The lowest BCUT2D eigenvalue weighted by molar-refractivity contribution is 1.02. The van der Waals surface area contributed by atoms with Gasteiger partial charge in [0.2, 0.25) is 0 Å². The van der Waals surface area contributed by atoms with Crippen molar-refractivity contribution in [3.05, 3.63) is 162 Å². The molecule has 0 atom stereocenters. The Morgan fingerprint density at radius 1 is 0.489 bits per heavy atom. The van der Waals surface area contributed by atoms with E-state index in [1.165, 1.54) is 0 Å². The minimum atomic E-state index is -0.155. The third-order valence-corrected chi connectivity index (χ3v) is 8.85. The number of hydrogen-bond donors (Lipinski definition) is 0. The minimum absolute atomic E-state index is 0.155. The van der Waals surface area contributed by atoms with Crippen molar-refractivity contribution in [1.82, 2.24) is 13.5 Å². The Balaban J connectivity index is 1.55. The standard InChI is InChI=1S/C40H24N4O/c41-25-26-11-10-14-29(23-26)42-36-19-8-9-20-37(36)44-35-22-21-28(27-12-2-1-3-13-27)24-32(35)38(39(44)40(42)45)43-33-17-6-4-15-30(33)31-16-5-7-18-34(31)43/h1-24H. The van der Waals surface area contributed by atoms with Gasteiger partial charge in [-0.25, -0.2) is 0 Å². The van der Waals surface area contributed by atoms with E-state index in [1.807, 2.05) is 48.5 Å². The van der Waals surface area contributed by atoms with Crippen LogP contribution >= 0.6 is 0 Å². The first-order chi connectivity index (χ1) is 22.2. The molecule has 0 amide bonds. The van der Waals surface area contributed by atoms with Gasteiger partial charge >= 0.3 is 0 Å². The van der Waals surface area contributed by atoms with Crippen LogP contribution in [0.3, 0.4) is 0 Å². The molecule has 0 N–H and O–H groups in total. The van der Waals surface area contributed by atoms with Gasteiger partial charge in [0, 0.05) is 16.2 Å². The monoisotopic (exact) mass is 576 g/mol. The van der Waals surface area contributed by atoms with E-state index in [2.05, 4.69) is 100.0 Å². The van der Waals surface area contributed by atoms with Gasteiger partial charge in [-0.2, -0.15) is 5.26 Å². The Morgan fingerprint density at radius 3 is 1.84 bits per heavy atom. The van der Waals surface area contributed by atoms with Crippen molar-refractivity contribution in [1.29, 1.82) is 5.26 Å². The molecule has 0 bridgehead atoms. The maximum absolute atomic E-state index is 15.1. The molecule has 0 saturated heterocycles. The molecule has 0 aliphatic carbocycles. The summed E-state index contributed by atoms with van der Waals surface area (Å²) in [4.78, 5) is 15.1. The quantitative estimate of drug-likeness (QED) is 0.211. The zero-order valence-electron chi connectivity index (χ0n) is 24.1. The van der Waals surface area contributed by atoms with Crippen molar-refractivity contribution < 1.29 is 0 Å². The maximum atomic E-state index is 15.1. The van der Waals surface area contributed by atoms with Crippen molar-refractivity contribution in [3.8, 4) is 28.6 Å². The first-order valence-electron chi connectivity index (χ1n) is 14.9. The number of para-hydroxylation sites is 4. The van der Waals surface area contributed by atoms with E-state index in [0.717, 1.165) is 60.6 Å². The summed E-state index contributed by atoms with van der Waals surface area (Å²) in [5, 5.41) is 12.9. The molecule has 45 heavy (non-hydrogen) atoms. The van der Waals surface area contributed by atoms with E-state index < -0.39 is 0 Å². The second-order valence-corrected chi connectivity index (χ2v) is 11.3. The molecule has 0 unspecified atom stereocenters. The van der Waals surface area contributed by atoms with Gasteiger partial charge in [-0.15, -0.1) is 0 Å². The van der Waals surface area contributed by atoms with Crippen molar-refractivity contribution in [3.63, 3.8) is 0 Å². The third kappa shape index (κ3) is 3.57. The Hall–Kier alpha value is -6.38. The molecule has 0 aliphatic heterocycles. The number of nitriles is 1. The van der Waals surface area contributed by atoms with E-state index in [0.29, 0.717) is 16.8 Å². The maximum Gasteiger partial charge on any atom is 0.282 e. The molecule has 9 rings (SSSR count). The molecule has 210 valence electrons. The summed E-state index contributed by atoms with van der Waals surface area (Å²) >= 11 is 0. The second-order valence-electron chi connectivity index (χ2n) is 11.3. The zero-order chi connectivity index (χ0) is 30.1. The number of nitrogens with zero attached hydrogens (tertiary/aromatic N) is 4. The fourth-order valence-corrected chi connectivity index (χ4v) is 6.95. The Kier molecular flexibility index (Phi) is 5.35.